The largest absolute Gasteiger partial charge is 0.385 e. The van der Waals surface area contributed by atoms with Crippen molar-refractivity contribution in [3.63, 3.8) is 0 Å². The van der Waals surface area contributed by atoms with Gasteiger partial charge in [0.05, 0.1) is 5.25 Å². The van der Waals surface area contributed by atoms with E-state index in [4.69, 9.17) is 4.74 Å². The maximum atomic E-state index is 12.7. The van der Waals surface area contributed by atoms with Gasteiger partial charge in [0, 0.05) is 35.8 Å². The third-order valence-corrected chi connectivity index (χ3v) is 4.28. The van der Waals surface area contributed by atoms with Crippen LogP contribution in [0, 0.1) is 5.82 Å². The lowest BCUT2D eigenvalue weighted by Crippen LogP contribution is -2.25. The zero-order valence-corrected chi connectivity index (χ0v) is 11.3. The van der Waals surface area contributed by atoms with Crippen molar-refractivity contribution in [2.24, 2.45) is 0 Å². The van der Waals surface area contributed by atoms with Crippen LogP contribution in [0.25, 0.3) is 0 Å². The molecule has 18 heavy (non-hydrogen) atoms. The Bertz CT molecular complexity index is 417. The van der Waals surface area contributed by atoms with E-state index in [2.05, 4.69) is 0 Å². The summed E-state index contributed by atoms with van der Waals surface area (Å²) in [7, 11) is 0.354. The van der Waals surface area contributed by atoms with Gasteiger partial charge in [-0.1, -0.05) is 0 Å². The van der Waals surface area contributed by atoms with E-state index in [1.807, 2.05) is 0 Å². The average Bonchev–Trinajstić information content (AvgIpc) is 2.38. The minimum absolute atomic E-state index is 0.217. The van der Waals surface area contributed by atoms with Crippen LogP contribution in [0.4, 0.5) is 4.39 Å². The Balaban J connectivity index is 2.60. The fraction of sp³-hybridized carbons (Fsp3) is 0.462. The van der Waals surface area contributed by atoms with E-state index < -0.39 is 16.0 Å². The molecule has 1 aromatic carbocycles. The van der Waals surface area contributed by atoms with E-state index in [0.29, 0.717) is 24.3 Å². The van der Waals surface area contributed by atoms with E-state index in [-0.39, 0.29) is 11.6 Å². The second-order valence-corrected chi connectivity index (χ2v) is 5.82. The van der Waals surface area contributed by atoms with Crippen LogP contribution >= 0.6 is 0 Å². The van der Waals surface area contributed by atoms with Gasteiger partial charge in [-0.25, -0.2) is 4.39 Å². The van der Waals surface area contributed by atoms with Gasteiger partial charge in [-0.3, -0.25) is 9.00 Å². The van der Waals surface area contributed by atoms with Crippen molar-refractivity contribution in [3.8, 4) is 0 Å². The molecule has 2 atom stereocenters. The number of ether oxygens (including phenoxy) is 1. The number of carbonyl (C=O) groups is 1. The fourth-order valence-electron chi connectivity index (χ4n) is 1.49. The number of Topliss-reactive ketones (excluding diaryl/α,β-unsaturated/α-hetero) is 1. The molecule has 100 valence electrons. The van der Waals surface area contributed by atoms with Crippen molar-refractivity contribution in [1.82, 2.24) is 0 Å². The van der Waals surface area contributed by atoms with Gasteiger partial charge >= 0.3 is 0 Å². The van der Waals surface area contributed by atoms with Crippen molar-refractivity contribution < 1.29 is 18.1 Å². The number of hydrogen-bond acceptors (Lipinski definition) is 3. The number of rotatable bonds is 7. The molecule has 0 radical (unpaired) electrons. The topological polar surface area (TPSA) is 43.4 Å². The Morgan fingerprint density at radius 3 is 2.56 bits per heavy atom. The van der Waals surface area contributed by atoms with E-state index in [1.54, 1.807) is 14.0 Å². The molecule has 0 aromatic heterocycles. The van der Waals surface area contributed by atoms with E-state index in [9.17, 15) is 13.4 Å². The predicted octanol–water partition coefficient (Wildman–Crippen LogP) is 2.18. The molecule has 1 aromatic rings. The van der Waals surface area contributed by atoms with Crippen molar-refractivity contribution in [1.29, 1.82) is 0 Å². The average molecular weight is 272 g/mol. The van der Waals surface area contributed by atoms with Crippen LogP contribution < -0.4 is 0 Å². The highest BCUT2D eigenvalue weighted by Crippen LogP contribution is 2.10. The van der Waals surface area contributed by atoms with Crippen molar-refractivity contribution >= 4 is 16.6 Å². The van der Waals surface area contributed by atoms with Crippen molar-refractivity contribution in [2.45, 2.75) is 18.6 Å². The molecule has 0 aliphatic rings. The minimum Gasteiger partial charge on any atom is -0.385 e. The number of halogens is 1. The summed E-state index contributed by atoms with van der Waals surface area (Å²) in [4.78, 5) is 12.0. The van der Waals surface area contributed by atoms with Gasteiger partial charge in [-0.05, 0) is 37.6 Å². The molecule has 0 bridgehead atoms. The van der Waals surface area contributed by atoms with Gasteiger partial charge in [0.15, 0.2) is 5.78 Å². The summed E-state index contributed by atoms with van der Waals surface area (Å²) in [5.41, 5.74) is 0.393. The van der Waals surface area contributed by atoms with Crippen LogP contribution in [-0.2, 0) is 15.5 Å². The zero-order valence-electron chi connectivity index (χ0n) is 10.5. The second-order valence-electron chi connectivity index (χ2n) is 3.94. The van der Waals surface area contributed by atoms with E-state index in [1.165, 1.54) is 24.3 Å². The third-order valence-electron chi connectivity index (χ3n) is 2.59. The van der Waals surface area contributed by atoms with Gasteiger partial charge in [0.2, 0.25) is 0 Å². The molecule has 2 unspecified atom stereocenters. The first-order valence-corrected chi connectivity index (χ1v) is 7.10. The smallest absolute Gasteiger partial charge is 0.178 e. The zero-order chi connectivity index (χ0) is 13.5. The first-order valence-electron chi connectivity index (χ1n) is 5.72. The molecule has 0 aliphatic heterocycles. The van der Waals surface area contributed by atoms with E-state index in [0.717, 1.165) is 0 Å². The number of methoxy groups -OCH3 is 1. The number of carbonyl (C=O) groups excluding carboxylic acids is 1. The molecule has 5 heteroatoms. The van der Waals surface area contributed by atoms with Crippen molar-refractivity contribution in [3.05, 3.63) is 35.6 Å². The highest BCUT2D eigenvalue weighted by molar-refractivity contribution is 7.86. The summed E-state index contributed by atoms with van der Waals surface area (Å²) in [5.74, 6) is -0.173. The van der Waals surface area contributed by atoms with Crippen LogP contribution in [0.3, 0.4) is 0 Å². The Morgan fingerprint density at radius 2 is 2.00 bits per heavy atom. The minimum atomic E-state index is -1.23. The molecule has 0 N–H and O–H groups in total. The highest BCUT2D eigenvalue weighted by Gasteiger charge is 2.20. The van der Waals surface area contributed by atoms with E-state index >= 15 is 0 Å². The molecule has 1 rings (SSSR count). The lowest BCUT2D eigenvalue weighted by atomic mass is 10.1. The molecular weight excluding hydrogens is 255 g/mol. The molecule has 0 saturated carbocycles. The maximum Gasteiger partial charge on any atom is 0.178 e. The molecule has 0 spiro atoms. The number of hydrogen-bond donors (Lipinski definition) is 0. The third kappa shape index (κ3) is 4.31. The fourth-order valence-corrected chi connectivity index (χ4v) is 2.62. The lowest BCUT2D eigenvalue weighted by molar-refractivity contribution is 0.0992. The quantitative estimate of drug-likeness (QED) is 0.564. The second kappa shape index (κ2) is 7.38. The van der Waals surface area contributed by atoms with Crippen LogP contribution in [0.2, 0.25) is 0 Å². The monoisotopic (exact) mass is 272 g/mol. The molecule has 0 aliphatic carbocycles. The highest BCUT2D eigenvalue weighted by atomic mass is 32.2. The first-order chi connectivity index (χ1) is 8.56. The van der Waals surface area contributed by atoms with Gasteiger partial charge in [-0.2, -0.15) is 0 Å². The molecule has 0 heterocycles. The summed E-state index contributed by atoms with van der Waals surface area (Å²) in [6.45, 7) is 2.16. The van der Waals surface area contributed by atoms with Gasteiger partial charge in [0.1, 0.15) is 5.82 Å². The van der Waals surface area contributed by atoms with Crippen LogP contribution in [-0.4, -0.2) is 34.7 Å². The SMILES string of the molecule is COCCCS(=O)C(C)C(=O)c1ccc(F)cc1. The summed E-state index contributed by atoms with van der Waals surface area (Å²) in [5, 5.41) is -0.577. The first kappa shape index (κ1) is 15.0. The normalized spacial score (nSPS) is 14.2. The van der Waals surface area contributed by atoms with Crippen molar-refractivity contribution in [2.75, 3.05) is 19.5 Å². The molecule has 3 nitrogen and oxygen atoms in total. The molecule has 0 saturated heterocycles. The summed E-state index contributed by atoms with van der Waals surface area (Å²) >= 11 is 0. The molecule has 0 fully saturated rings. The number of benzene rings is 1. The predicted molar refractivity (Wildman–Crippen MR) is 69.7 cm³/mol. The van der Waals surface area contributed by atoms with Gasteiger partial charge in [0.25, 0.3) is 0 Å². The summed E-state index contributed by atoms with van der Waals surface area (Å²) in [6, 6.07) is 5.29. The summed E-state index contributed by atoms with van der Waals surface area (Å²) in [6.07, 6.45) is 0.657. The standard InChI is InChI=1S/C13H17FO3S/c1-10(18(16)9-3-8-17-2)13(15)11-4-6-12(14)7-5-11/h4-7,10H,3,8-9H2,1-2H3. The Labute approximate surface area is 109 Å². The van der Waals surface area contributed by atoms with Crippen LogP contribution in [0.15, 0.2) is 24.3 Å². The Hall–Kier alpha value is -1.07. The Morgan fingerprint density at radius 1 is 1.39 bits per heavy atom. The lowest BCUT2D eigenvalue weighted by Gasteiger charge is -2.10. The molecular formula is C13H17FO3S. The summed E-state index contributed by atoms with van der Waals surface area (Å²) < 4.78 is 29.5. The van der Waals surface area contributed by atoms with Gasteiger partial charge in [-0.15, -0.1) is 0 Å². The van der Waals surface area contributed by atoms with Crippen LogP contribution in [0.1, 0.15) is 23.7 Å². The van der Waals surface area contributed by atoms with Crippen LogP contribution in [0.5, 0.6) is 0 Å². The number of ketones is 1. The maximum absolute atomic E-state index is 12.7. The molecule has 0 amide bonds. The van der Waals surface area contributed by atoms with Gasteiger partial charge < -0.3 is 4.74 Å². The Kier molecular flexibility index (Phi) is 6.15.